The van der Waals surface area contributed by atoms with E-state index in [4.69, 9.17) is 5.11 Å². The van der Waals surface area contributed by atoms with E-state index in [9.17, 15) is 4.79 Å². The number of hydrogen-bond acceptors (Lipinski definition) is 3. The molecule has 0 aliphatic rings. The number of carboxylic acids is 1. The van der Waals surface area contributed by atoms with Crippen LogP contribution in [0.2, 0.25) is 0 Å². The van der Waals surface area contributed by atoms with Gasteiger partial charge >= 0.3 is 5.97 Å². The molecule has 5 nitrogen and oxygen atoms in total. The second-order valence-corrected chi connectivity index (χ2v) is 5.20. The fourth-order valence-corrected chi connectivity index (χ4v) is 2.40. The van der Waals surface area contributed by atoms with Gasteiger partial charge in [0.15, 0.2) is 0 Å². The zero-order valence-electron chi connectivity index (χ0n) is 12.0. The van der Waals surface area contributed by atoms with Gasteiger partial charge in [-0.1, -0.05) is 38.3 Å². The van der Waals surface area contributed by atoms with E-state index in [0.29, 0.717) is 11.4 Å². The Bertz CT molecular complexity index is 592. The molecule has 2 rings (SSSR count). The second kappa shape index (κ2) is 6.50. The summed E-state index contributed by atoms with van der Waals surface area (Å²) in [5, 5.41) is 17.2. The Morgan fingerprint density at radius 3 is 2.85 bits per heavy atom. The van der Waals surface area contributed by atoms with Gasteiger partial charge in [-0.05, 0) is 30.5 Å². The summed E-state index contributed by atoms with van der Waals surface area (Å²) in [4.78, 5) is 10.9. The molecule has 0 radical (unpaired) electrons. The number of unbranched alkanes of at least 4 members (excludes halogenated alkanes) is 1. The largest absolute Gasteiger partial charge is 0.478 e. The van der Waals surface area contributed by atoms with Gasteiger partial charge in [-0.2, -0.15) is 0 Å². The summed E-state index contributed by atoms with van der Waals surface area (Å²) in [5.74, 6) is -0.338. The fraction of sp³-hybridized carbons (Fsp3) is 0.533. The van der Waals surface area contributed by atoms with Crippen LogP contribution in [0.4, 0.5) is 0 Å². The van der Waals surface area contributed by atoms with Crippen molar-refractivity contribution in [1.29, 1.82) is 0 Å². The van der Waals surface area contributed by atoms with Crippen molar-refractivity contribution >= 4 is 17.0 Å². The van der Waals surface area contributed by atoms with E-state index >= 15 is 0 Å². The molecule has 1 unspecified atom stereocenters. The van der Waals surface area contributed by atoms with Crippen LogP contribution in [-0.4, -0.2) is 26.1 Å². The molecule has 0 aliphatic carbocycles. The van der Waals surface area contributed by atoms with Gasteiger partial charge in [-0.25, -0.2) is 9.48 Å². The normalized spacial score (nSPS) is 12.7. The lowest BCUT2D eigenvalue weighted by atomic mass is 9.99. The van der Waals surface area contributed by atoms with Crippen LogP contribution in [0.1, 0.15) is 49.9 Å². The Kier molecular flexibility index (Phi) is 4.71. The van der Waals surface area contributed by atoms with Crippen LogP contribution in [0.15, 0.2) is 18.2 Å². The number of rotatable bonds is 7. The SMILES string of the molecule is CCCCC(CC)Cn1nnc2cc(C(=O)O)ccc21. The molecular weight excluding hydrogens is 254 g/mol. The van der Waals surface area contributed by atoms with Crippen LogP contribution < -0.4 is 0 Å². The lowest BCUT2D eigenvalue weighted by molar-refractivity contribution is 0.0697. The van der Waals surface area contributed by atoms with Crippen molar-refractivity contribution in [3.63, 3.8) is 0 Å². The first-order valence-corrected chi connectivity index (χ1v) is 7.22. The van der Waals surface area contributed by atoms with Crippen molar-refractivity contribution in [3.8, 4) is 0 Å². The molecular formula is C15H21N3O2. The van der Waals surface area contributed by atoms with Crippen LogP contribution in [0, 0.1) is 5.92 Å². The van der Waals surface area contributed by atoms with E-state index in [-0.39, 0.29) is 5.56 Å². The first kappa shape index (κ1) is 14.5. The zero-order chi connectivity index (χ0) is 14.5. The molecule has 1 heterocycles. The molecule has 0 saturated heterocycles. The van der Waals surface area contributed by atoms with Gasteiger partial charge in [-0.15, -0.1) is 5.10 Å². The molecule has 0 saturated carbocycles. The molecule has 0 amide bonds. The van der Waals surface area contributed by atoms with E-state index in [1.807, 2.05) is 4.68 Å². The lowest BCUT2D eigenvalue weighted by Crippen LogP contribution is -2.11. The van der Waals surface area contributed by atoms with Gasteiger partial charge in [0.05, 0.1) is 11.1 Å². The van der Waals surface area contributed by atoms with E-state index in [1.165, 1.54) is 19.3 Å². The van der Waals surface area contributed by atoms with E-state index in [2.05, 4.69) is 24.2 Å². The quantitative estimate of drug-likeness (QED) is 0.841. The molecule has 20 heavy (non-hydrogen) atoms. The Balaban J connectivity index is 2.20. The summed E-state index contributed by atoms with van der Waals surface area (Å²) in [6.07, 6.45) is 4.75. The summed E-state index contributed by atoms with van der Waals surface area (Å²) in [6, 6.07) is 4.98. The lowest BCUT2D eigenvalue weighted by Gasteiger charge is -2.14. The van der Waals surface area contributed by atoms with Crippen molar-refractivity contribution in [2.24, 2.45) is 5.92 Å². The monoisotopic (exact) mass is 275 g/mol. The van der Waals surface area contributed by atoms with Gasteiger partial charge < -0.3 is 5.11 Å². The number of carbonyl (C=O) groups is 1. The van der Waals surface area contributed by atoms with Gasteiger partial charge in [0.25, 0.3) is 0 Å². The maximum atomic E-state index is 10.9. The molecule has 0 fully saturated rings. The number of hydrogen-bond donors (Lipinski definition) is 1. The van der Waals surface area contributed by atoms with Gasteiger partial charge in [0.2, 0.25) is 0 Å². The number of aromatic nitrogens is 3. The maximum Gasteiger partial charge on any atom is 0.335 e. The minimum atomic E-state index is -0.934. The van der Waals surface area contributed by atoms with Crippen molar-refractivity contribution < 1.29 is 9.90 Å². The minimum Gasteiger partial charge on any atom is -0.478 e. The van der Waals surface area contributed by atoms with Crippen LogP contribution >= 0.6 is 0 Å². The summed E-state index contributed by atoms with van der Waals surface area (Å²) in [5.41, 5.74) is 1.81. The molecule has 1 atom stereocenters. The average molecular weight is 275 g/mol. The average Bonchev–Trinajstić information content (AvgIpc) is 2.85. The fourth-order valence-electron chi connectivity index (χ4n) is 2.40. The summed E-state index contributed by atoms with van der Waals surface area (Å²) < 4.78 is 1.89. The van der Waals surface area contributed by atoms with Crippen molar-refractivity contribution in [2.45, 2.75) is 46.1 Å². The molecule has 5 heteroatoms. The molecule has 0 spiro atoms. The predicted molar refractivity (Wildman–Crippen MR) is 77.8 cm³/mol. The summed E-state index contributed by atoms with van der Waals surface area (Å²) in [6.45, 7) is 5.24. The molecule has 108 valence electrons. The number of fused-ring (bicyclic) bond motifs is 1. The van der Waals surface area contributed by atoms with Crippen molar-refractivity contribution in [2.75, 3.05) is 0 Å². The first-order valence-electron chi connectivity index (χ1n) is 7.22. The van der Waals surface area contributed by atoms with Crippen LogP contribution in [0.5, 0.6) is 0 Å². The number of carboxylic acid groups (broad SMARTS) is 1. The van der Waals surface area contributed by atoms with E-state index in [0.717, 1.165) is 18.5 Å². The molecule has 1 aromatic heterocycles. The van der Waals surface area contributed by atoms with E-state index in [1.54, 1.807) is 18.2 Å². The first-order chi connectivity index (χ1) is 9.65. The van der Waals surface area contributed by atoms with Gasteiger partial charge in [0, 0.05) is 6.54 Å². The van der Waals surface area contributed by atoms with Gasteiger partial charge in [-0.3, -0.25) is 0 Å². The Morgan fingerprint density at radius 1 is 1.40 bits per heavy atom. The molecule has 0 aliphatic heterocycles. The Labute approximate surface area is 118 Å². The highest BCUT2D eigenvalue weighted by molar-refractivity contribution is 5.92. The van der Waals surface area contributed by atoms with Crippen LogP contribution in [0.25, 0.3) is 11.0 Å². The zero-order valence-corrected chi connectivity index (χ0v) is 12.0. The van der Waals surface area contributed by atoms with E-state index < -0.39 is 5.97 Å². The third-order valence-corrected chi connectivity index (χ3v) is 3.74. The molecule has 0 bridgehead atoms. The standard InChI is InChI=1S/C15H21N3O2/c1-3-5-6-11(4-2)10-18-14-8-7-12(15(19)20)9-13(14)16-17-18/h7-9,11H,3-6,10H2,1-2H3,(H,19,20). The smallest absolute Gasteiger partial charge is 0.335 e. The molecule has 1 aromatic carbocycles. The Morgan fingerprint density at radius 2 is 2.20 bits per heavy atom. The third-order valence-electron chi connectivity index (χ3n) is 3.74. The van der Waals surface area contributed by atoms with Gasteiger partial charge in [0.1, 0.15) is 5.52 Å². The van der Waals surface area contributed by atoms with Crippen molar-refractivity contribution in [3.05, 3.63) is 23.8 Å². The summed E-state index contributed by atoms with van der Waals surface area (Å²) >= 11 is 0. The number of nitrogens with zero attached hydrogens (tertiary/aromatic N) is 3. The molecule has 2 aromatic rings. The highest BCUT2D eigenvalue weighted by Gasteiger charge is 2.12. The number of aromatic carboxylic acids is 1. The molecule has 1 N–H and O–H groups in total. The third kappa shape index (κ3) is 3.15. The van der Waals surface area contributed by atoms with Crippen molar-refractivity contribution in [1.82, 2.24) is 15.0 Å². The van der Waals surface area contributed by atoms with Crippen LogP contribution in [-0.2, 0) is 6.54 Å². The second-order valence-electron chi connectivity index (χ2n) is 5.20. The topological polar surface area (TPSA) is 68.0 Å². The minimum absolute atomic E-state index is 0.252. The summed E-state index contributed by atoms with van der Waals surface area (Å²) in [7, 11) is 0. The highest BCUT2D eigenvalue weighted by Crippen LogP contribution is 2.19. The van der Waals surface area contributed by atoms with Crippen LogP contribution in [0.3, 0.4) is 0 Å². The number of benzene rings is 1. The highest BCUT2D eigenvalue weighted by atomic mass is 16.4. The predicted octanol–water partition coefficient (Wildman–Crippen LogP) is 3.35. The maximum absolute atomic E-state index is 10.9. The Hall–Kier alpha value is -1.91.